The molecule has 1 amide bonds. The Morgan fingerprint density at radius 3 is 2.54 bits per heavy atom. The minimum absolute atomic E-state index is 0.0239. The first-order chi connectivity index (χ1) is 12.3. The lowest BCUT2D eigenvalue weighted by molar-refractivity contribution is 0.0508. The van der Waals surface area contributed by atoms with Crippen LogP contribution < -0.4 is 5.32 Å². The Kier molecular flexibility index (Phi) is 5.03. The zero-order chi connectivity index (χ0) is 18.7. The third-order valence-electron chi connectivity index (χ3n) is 4.18. The van der Waals surface area contributed by atoms with E-state index in [4.69, 9.17) is 4.74 Å². The van der Waals surface area contributed by atoms with Crippen LogP contribution in [0.25, 0.3) is 22.0 Å². The van der Waals surface area contributed by atoms with Gasteiger partial charge in [0.2, 0.25) is 0 Å². The van der Waals surface area contributed by atoms with Crippen molar-refractivity contribution < 1.29 is 9.53 Å². The standard InChI is InChI=1S/C22H26N2O2/c1-15(24-21(25)26-22(2,3)4)13-17-14-23-20-18(11-8-12-19(17)20)16-9-6-5-7-10-16/h5-12,14-15,23H,13H2,1-4H3,(H,24,25)/t15-/m1/s1. The van der Waals surface area contributed by atoms with Crippen molar-refractivity contribution >= 4 is 17.0 Å². The van der Waals surface area contributed by atoms with Gasteiger partial charge in [0.05, 0.1) is 5.52 Å². The minimum Gasteiger partial charge on any atom is -0.444 e. The third kappa shape index (κ3) is 4.26. The lowest BCUT2D eigenvalue weighted by atomic mass is 10.00. The zero-order valence-electron chi connectivity index (χ0n) is 15.8. The first-order valence-electron chi connectivity index (χ1n) is 8.97. The van der Waals surface area contributed by atoms with Crippen LogP contribution in [0, 0.1) is 0 Å². The average molecular weight is 350 g/mol. The number of aromatic nitrogens is 1. The van der Waals surface area contributed by atoms with E-state index in [2.05, 4.69) is 40.6 Å². The lowest BCUT2D eigenvalue weighted by Crippen LogP contribution is -2.38. The van der Waals surface area contributed by atoms with Crippen LogP contribution in [-0.2, 0) is 11.2 Å². The van der Waals surface area contributed by atoms with Gasteiger partial charge in [-0.05, 0) is 45.2 Å². The minimum atomic E-state index is -0.491. The van der Waals surface area contributed by atoms with E-state index >= 15 is 0 Å². The molecule has 0 saturated heterocycles. The lowest BCUT2D eigenvalue weighted by Gasteiger charge is -2.21. The van der Waals surface area contributed by atoms with Crippen LogP contribution in [0.15, 0.2) is 54.7 Å². The second kappa shape index (κ2) is 7.24. The van der Waals surface area contributed by atoms with Crippen LogP contribution in [0.3, 0.4) is 0 Å². The van der Waals surface area contributed by atoms with E-state index in [-0.39, 0.29) is 12.1 Å². The predicted molar refractivity (Wildman–Crippen MR) is 106 cm³/mol. The Balaban J connectivity index is 1.79. The third-order valence-corrected chi connectivity index (χ3v) is 4.18. The highest BCUT2D eigenvalue weighted by atomic mass is 16.6. The van der Waals surface area contributed by atoms with Crippen molar-refractivity contribution in [3.05, 3.63) is 60.3 Å². The van der Waals surface area contributed by atoms with Crippen LogP contribution in [-0.4, -0.2) is 22.7 Å². The van der Waals surface area contributed by atoms with Crippen molar-refractivity contribution in [1.29, 1.82) is 0 Å². The van der Waals surface area contributed by atoms with Gasteiger partial charge < -0.3 is 15.0 Å². The number of benzene rings is 2. The highest BCUT2D eigenvalue weighted by Gasteiger charge is 2.18. The van der Waals surface area contributed by atoms with Crippen molar-refractivity contribution in [2.45, 2.75) is 45.8 Å². The Labute approximate surface area is 154 Å². The van der Waals surface area contributed by atoms with Crippen LogP contribution in [0.1, 0.15) is 33.3 Å². The molecule has 0 spiro atoms. The molecule has 0 fully saturated rings. The summed E-state index contributed by atoms with van der Waals surface area (Å²) in [6.45, 7) is 7.58. The van der Waals surface area contributed by atoms with Gasteiger partial charge in [-0.25, -0.2) is 4.79 Å². The summed E-state index contributed by atoms with van der Waals surface area (Å²) < 4.78 is 5.33. The van der Waals surface area contributed by atoms with Gasteiger partial charge in [0.15, 0.2) is 0 Å². The summed E-state index contributed by atoms with van der Waals surface area (Å²) in [4.78, 5) is 15.4. The molecule has 0 aliphatic carbocycles. The number of hydrogen-bond acceptors (Lipinski definition) is 2. The molecular formula is C22H26N2O2. The summed E-state index contributed by atoms with van der Waals surface area (Å²) in [6, 6.07) is 16.6. The van der Waals surface area contributed by atoms with Crippen LogP contribution in [0.5, 0.6) is 0 Å². The summed E-state index contributed by atoms with van der Waals surface area (Å²) in [5.41, 5.74) is 4.18. The van der Waals surface area contributed by atoms with Crippen LogP contribution in [0.2, 0.25) is 0 Å². The monoisotopic (exact) mass is 350 g/mol. The normalized spacial score (nSPS) is 12.8. The molecule has 0 unspecified atom stereocenters. The second-order valence-corrected chi connectivity index (χ2v) is 7.66. The maximum absolute atomic E-state index is 12.0. The van der Waals surface area contributed by atoms with Crippen molar-refractivity contribution in [2.24, 2.45) is 0 Å². The molecule has 2 aromatic carbocycles. The van der Waals surface area contributed by atoms with Crippen molar-refractivity contribution in [3.63, 3.8) is 0 Å². The molecular weight excluding hydrogens is 324 g/mol. The van der Waals surface area contributed by atoms with Gasteiger partial charge in [0.25, 0.3) is 0 Å². The quantitative estimate of drug-likeness (QED) is 0.671. The van der Waals surface area contributed by atoms with Gasteiger partial charge in [0, 0.05) is 23.2 Å². The molecule has 0 saturated carbocycles. The van der Waals surface area contributed by atoms with Gasteiger partial charge >= 0.3 is 6.09 Å². The van der Waals surface area contributed by atoms with Gasteiger partial charge in [-0.1, -0.05) is 48.5 Å². The summed E-state index contributed by atoms with van der Waals surface area (Å²) in [7, 11) is 0. The van der Waals surface area contributed by atoms with Gasteiger partial charge in [-0.3, -0.25) is 0 Å². The number of ether oxygens (including phenoxy) is 1. The Morgan fingerprint density at radius 2 is 1.85 bits per heavy atom. The molecule has 26 heavy (non-hydrogen) atoms. The van der Waals surface area contributed by atoms with Gasteiger partial charge in [-0.2, -0.15) is 0 Å². The number of carbonyl (C=O) groups is 1. The highest BCUT2D eigenvalue weighted by Crippen LogP contribution is 2.30. The largest absolute Gasteiger partial charge is 0.444 e. The molecule has 0 bridgehead atoms. The van der Waals surface area contributed by atoms with E-state index in [0.29, 0.717) is 0 Å². The Bertz CT molecular complexity index is 891. The smallest absolute Gasteiger partial charge is 0.407 e. The SMILES string of the molecule is C[C@H](Cc1c[nH]c2c(-c3ccccc3)cccc12)NC(=O)OC(C)(C)C. The number of hydrogen-bond donors (Lipinski definition) is 2. The maximum Gasteiger partial charge on any atom is 0.407 e. The average Bonchev–Trinajstić information content (AvgIpc) is 2.96. The topological polar surface area (TPSA) is 54.1 Å². The van der Waals surface area contributed by atoms with Crippen LogP contribution in [0.4, 0.5) is 4.79 Å². The van der Waals surface area contributed by atoms with Crippen molar-refractivity contribution in [3.8, 4) is 11.1 Å². The summed E-state index contributed by atoms with van der Waals surface area (Å²) in [5, 5.41) is 4.10. The Hall–Kier alpha value is -2.75. The van der Waals surface area contributed by atoms with Gasteiger partial charge in [0.1, 0.15) is 5.60 Å². The summed E-state index contributed by atoms with van der Waals surface area (Å²) in [6.07, 6.45) is 2.39. The highest BCUT2D eigenvalue weighted by molar-refractivity contribution is 5.96. The summed E-state index contributed by atoms with van der Waals surface area (Å²) in [5.74, 6) is 0. The molecule has 4 heteroatoms. The fourth-order valence-electron chi connectivity index (χ4n) is 3.13. The fourth-order valence-corrected chi connectivity index (χ4v) is 3.13. The van der Waals surface area contributed by atoms with E-state index in [1.807, 2.05) is 52.1 Å². The first-order valence-corrected chi connectivity index (χ1v) is 8.97. The molecule has 4 nitrogen and oxygen atoms in total. The second-order valence-electron chi connectivity index (χ2n) is 7.66. The van der Waals surface area contributed by atoms with E-state index in [1.54, 1.807) is 0 Å². The summed E-state index contributed by atoms with van der Waals surface area (Å²) >= 11 is 0. The number of alkyl carbamates (subject to hydrolysis) is 1. The van der Waals surface area contributed by atoms with Crippen molar-refractivity contribution in [1.82, 2.24) is 10.3 Å². The molecule has 1 aromatic heterocycles. The number of nitrogens with one attached hydrogen (secondary N) is 2. The number of rotatable bonds is 4. The zero-order valence-corrected chi connectivity index (χ0v) is 15.8. The Morgan fingerprint density at radius 1 is 1.12 bits per heavy atom. The number of para-hydroxylation sites is 1. The molecule has 2 N–H and O–H groups in total. The number of aromatic amines is 1. The molecule has 3 aromatic rings. The van der Waals surface area contributed by atoms with E-state index < -0.39 is 5.60 Å². The predicted octanol–water partition coefficient (Wildman–Crippen LogP) is 5.29. The number of carbonyl (C=O) groups excluding carboxylic acids is 1. The molecule has 0 radical (unpaired) electrons. The fraction of sp³-hybridized carbons (Fsp3) is 0.318. The molecule has 3 rings (SSSR count). The van der Waals surface area contributed by atoms with Crippen LogP contribution >= 0.6 is 0 Å². The number of H-pyrrole nitrogens is 1. The molecule has 136 valence electrons. The van der Waals surface area contributed by atoms with E-state index in [9.17, 15) is 4.79 Å². The molecule has 1 atom stereocenters. The van der Waals surface area contributed by atoms with Crippen molar-refractivity contribution in [2.75, 3.05) is 0 Å². The number of fused-ring (bicyclic) bond motifs is 1. The van der Waals surface area contributed by atoms with E-state index in [0.717, 1.165) is 11.9 Å². The first kappa shape index (κ1) is 18.1. The van der Waals surface area contributed by atoms with Gasteiger partial charge in [-0.15, -0.1) is 0 Å². The molecule has 0 aliphatic heterocycles. The maximum atomic E-state index is 12.0. The number of amides is 1. The molecule has 1 heterocycles. The van der Waals surface area contributed by atoms with E-state index in [1.165, 1.54) is 22.1 Å². The molecule has 0 aliphatic rings.